The molecule has 1 saturated heterocycles. The van der Waals surface area contributed by atoms with Crippen LogP contribution in [-0.4, -0.2) is 86.7 Å². The van der Waals surface area contributed by atoms with Crippen LogP contribution in [0.4, 0.5) is 13.2 Å². The van der Waals surface area contributed by atoms with E-state index in [-0.39, 0.29) is 58.5 Å². The van der Waals surface area contributed by atoms with Gasteiger partial charge in [0.05, 0.1) is 65.0 Å². The highest BCUT2D eigenvalue weighted by atomic mass is 19.4. The first-order valence-electron chi connectivity index (χ1n) is 33.9. The molecule has 2 N–H and O–H groups in total. The van der Waals surface area contributed by atoms with Crippen LogP contribution in [0.5, 0.6) is 0 Å². The molecule has 12 nitrogen and oxygen atoms in total. The van der Waals surface area contributed by atoms with E-state index in [1.54, 1.807) is 0 Å². The topological polar surface area (TPSA) is 132 Å². The molecule has 1 unspecified atom stereocenters. The third-order valence-corrected chi connectivity index (χ3v) is 16.7. The van der Waals surface area contributed by atoms with Crippen LogP contribution in [0.25, 0.3) is 0 Å². The van der Waals surface area contributed by atoms with E-state index >= 15 is 0 Å². The summed E-state index contributed by atoms with van der Waals surface area (Å²) in [6.45, 7) is 3.83. The maximum atomic E-state index is 14.7. The minimum atomic E-state index is -4.91. The molecule has 0 saturated carbocycles. The van der Waals surface area contributed by atoms with Crippen molar-refractivity contribution < 1.29 is 60.7 Å². The van der Waals surface area contributed by atoms with Crippen molar-refractivity contribution in [2.45, 2.75) is 230 Å². The van der Waals surface area contributed by atoms with Crippen LogP contribution in [0.1, 0.15) is 169 Å². The van der Waals surface area contributed by atoms with Crippen molar-refractivity contribution in [2.75, 3.05) is 19.8 Å². The Morgan fingerprint density at radius 1 is 0.457 bits per heavy atom. The first-order valence-corrected chi connectivity index (χ1v) is 33.9. The number of rotatable bonds is 47. The zero-order chi connectivity index (χ0) is 64.5. The van der Waals surface area contributed by atoms with E-state index in [4.69, 9.17) is 37.9 Å². The number of nitrogens with one attached hydrogen (secondary N) is 2. The Balaban J connectivity index is 1.19. The van der Waals surface area contributed by atoms with Crippen LogP contribution in [0.2, 0.25) is 0 Å². The van der Waals surface area contributed by atoms with E-state index in [0.29, 0.717) is 38.9 Å². The lowest BCUT2D eigenvalue weighted by Crippen LogP contribution is -2.62. The summed E-state index contributed by atoms with van der Waals surface area (Å²) in [4.78, 5) is 26.0. The summed E-state index contributed by atoms with van der Waals surface area (Å²) in [5.74, 6) is -2.12. The van der Waals surface area contributed by atoms with Gasteiger partial charge >= 0.3 is 12.1 Å². The van der Waals surface area contributed by atoms with Crippen molar-refractivity contribution in [2.24, 2.45) is 0 Å². The summed E-state index contributed by atoms with van der Waals surface area (Å²) in [6.07, 6.45) is 8.91. The number of alkyl halides is 3. The van der Waals surface area contributed by atoms with Crippen molar-refractivity contribution in [3.05, 3.63) is 215 Å². The fourth-order valence-corrected chi connectivity index (χ4v) is 11.6. The molecule has 0 spiro atoms. The van der Waals surface area contributed by atoms with E-state index < -0.39 is 61.0 Å². The number of carbonyl (C=O) groups excluding carboxylic acids is 2. The van der Waals surface area contributed by atoms with Crippen LogP contribution in [-0.2, 0) is 87.1 Å². The van der Waals surface area contributed by atoms with Crippen LogP contribution in [0, 0.1) is 0 Å². The smallest absolute Gasteiger partial charge is 0.374 e. The summed E-state index contributed by atoms with van der Waals surface area (Å²) in [6, 6.07) is 59.3. The third-order valence-electron chi connectivity index (χ3n) is 16.7. The normalized spacial score (nSPS) is 17.6. The number of hydrogen-bond acceptors (Lipinski definition) is 10. The van der Waals surface area contributed by atoms with Crippen LogP contribution in [0.3, 0.4) is 0 Å². The number of carbonyl (C=O) groups is 2. The molecule has 6 aromatic rings. The zero-order valence-electron chi connectivity index (χ0n) is 54.2. The molecule has 15 heteroatoms. The number of hydrogen-bond donors (Lipinski definition) is 2. The van der Waals surface area contributed by atoms with Crippen molar-refractivity contribution in [1.29, 1.82) is 0 Å². The molecular formula is C77H101F3N2O10. The number of ether oxygens (including phenoxy) is 8. The number of amides is 2. The maximum Gasteiger partial charge on any atom is 0.471 e. The largest absolute Gasteiger partial charge is 0.471 e. The van der Waals surface area contributed by atoms with Crippen molar-refractivity contribution in [3.8, 4) is 0 Å². The summed E-state index contributed by atoms with van der Waals surface area (Å²) in [5.41, 5.74) is 5.84. The van der Waals surface area contributed by atoms with Crippen molar-refractivity contribution >= 4 is 11.8 Å². The molecule has 6 aromatic carbocycles. The van der Waals surface area contributed by atoms with Gasteiger partial charge in [0.15, 0.2) is 6.29 Å². The molecule has 8 atom stereocenters. The molecule has 0 aromatic heterocycles. The van der Waals surface area contributed by atoms with Crippen molar-refractivity contribution in [3.63, 3.8) is 0 Å². The molecule has 2 amide bonds. The predicted molar refractivity (Wildman–Crippen MR) is 355 cm³/mol. The monoisotopic (exact) mass is 1270 g/mol. The molecule has 1 aliphatic heterocycles. The Morgan fingerprint density at radius 3 is 1.34 bits per heavy atom. The van der Waals surface area contributed by atoms with Crippen LogP contribution < -0.4 is 10.6 Å². The Kier molecular flexibility index (Phi) is 34.7. The quantitative estimate of drug-likeness (QED) is 0.0356. The fourth-order valence-electron chi connectivity index (χ4n) is 11.6. The fraction of sp³-hybridized carbons (Fsp3) is 0.506. The first-order chi connectivity index (χ1) is 45.1. The number of halogens is 3. The second-order valence-electron chi connectivity index (χ2n) is 24.2. The van der Waals surface area contributed by atoms with Gasteiger partial charge in [-0.3, -0.25) is 9.59 Å². The lowest BCUT2D eigenvalue weighted by atomic mass is 9.97. The van der Waals surface area contributed by atoms with Gasteiger partial charge in [0.25, 0.3) is 0 Å². The van der Waals surface area contributed by atoms with E-state index in [1.165, 1.54) is 57.8 Å². The highest BCUT2D eigenvalue weighted by molar-refractivity contribution is 5.81. The van der Waals surface area contributed by atoms with Gasteiger partial charge in [0, 0.05) is 13.0 Å². The molecule has 1 aliphatic rings. The third kappa shape index (κ3) is 28.5. The second kappa shape index (κ2) is 43.6. The van der Waals surface area contributed by atoms with Gasteiger partial charge in [-0.2, -0.15) is 13.2 Å². The highest BCUT2D eigenvalue weighted by Crippen LogP contribution is 2.33. The average molecular weight is 1270 g/mol. The van der Waals surface area contributed by atoms with Crippen LogP contribution in [0.15, 0.2) is 182 Å². The SMILES string of the molecule is CCCCCCCCCCCCCC[C@@H](OCc1ccccc1)[C@@H](OCc1ccccc1)[C@H](CO[C@H]1OC(COCc2ccccc2)[C@H](OCc2ccccc2)[C@H](OCc2ccccc2)[C@H]1OCc1ccccc1)NC(=O)CCCCCCCCNC(=O)C(F)(F)F. The molecule has 1 heterocycles. The molecule has 0 radical (unpaired) electrons. The van der Waals surface area contributed by atoms with Gasteiger partial charge in [0.2, 0.25) is 5.91 Å². The maximum absolute atomic E-state index is 14.7. The Labute approximate surface area is 546 Å². The van der Waals surface area contributed by atoms with Crippen LogP contribution >= 0.6 is 0 Å². The molecule has 7 rings (SSSR count). The van der Waals surface area contributed by atoms with Crippen molar-refractivity contribution in [1.82, 2.24) is 10.6 Å². The van der Waals surface area contributed by atoms with Gasteiger partial charge in [-0.1, -0.05) is 292 Å². The molecule has 0 aliphatic carbocycles. The van der Waals surface area contributed by atoms with E-state index in [2.05, 4.69) is 24.4 Å². The van der Waals surface area contributed by atoms with Gasteiger partial charge in [-0.25, -0.2) is 0 Å². The lowest BCUT2D eigenvalue weighted by molar-refractivity contribution is -0.330. The average Bonchev–Trinajstić information content (AvgIpc) is 0.812. The summed E-state index contributed by atoms with van der Waals surface area (Å²) in [5, 5.41) is 5.37. The molecular weight excluding hydrogens is 1170 g/mol. The van der Waals surface area contributed by atoms with Gasteiger partial charge < -0.3 is 48.5 Å². The molecule has 92 heavy (non-hydrogen) atoms. The second-order valence-corrected chi connectivity index (χ2v) is 24.2. The lowest BCUT2D eigenvalue weighted by Gasteiger charge is -2.46. The Morgan fingerprint density at radius 2 is 0.859 bits per heavy atom. The Bertz CT molecular complexity index is 2830. The molecule has 500 valence electrons. The van der Waals surface area contributed by atoms with E-state index in [1.807, 2.05) is 175 Å². The minimum absolute atomic E-state index is 0.0500. The molecule has 1 fully saturated rings. The minimum Gasteiger partial charge on any atom is -0.374 e. The van der Waals surface area contributed by atoms with Gasteiger partial charge in [-0.15, -0.1) is 0 Å². The van der Waals surface area contributed by atoms with Gasteiger partial charge in [0.1, 0.15) is 30.5 Å². The zero-order valence-corrected chi connectivity index (χ0v) is 54.2. The molecule has 0 bridgehead atoms. The summed E-state index contributed by atoms with van der Waals surface area (Å²) in [7, 11) is 0. The number of benzene rings is 6. The first kappa shape index (κ1) is 73.1. The van der Waals surface area contributed by atoms with Gasteiger partial charge in [-0.05, 0) is 52.6 Å². The van der Waals surface area contributed by atoms with E-state index in [9.17, 15) is 22.8 Å². The Hall–Kier alpha value is -6.27. The number of unbranched alkanes of at least 4 members (excludes halogenated alkanes) is 16. The predicted octanol–water partition coefficient (Wildman–Crippen LogP) is 16.9. The summed E-state index contributed by atoms with van der Waals surface area (Å²) >= 11 is 0. The van der Waals surface area contributed by atoms with E-state index in [0.717, 1.165) is 71.9 Å². The standard InChI is InChI=1S/C77H101F3N2O10/c1-2-3-4-5-6-7-8-9-10-11-14-35-50-68(86-54-62-40-25-18-26-41-62)71(87-55-63-42-27-19-28-43-63)67(82-70(83)51-36-15-12-13-16-37-52-81-76(84)77(78,79)80)59-91-75-74(90-58-66-48-33-22-34-49-66)73(89-57-65-46-31-21-32-47-65)72(88-56-64-44-29-20-30-45-64)69(92-75)60-85-53-61-38-23-17-24-39-61/h17-34,38-49,67-69,71-75H,2-16,35-37,50-60H2,1H3,(H,81,84)(H,82,83)/t67-,68+,69?,71-,72-,73-,74+,75-/m0/s1. The highest BCUT2D eigenvalue weighted by Gasteiger charge is 2.50. The summed E-state index contributed by atoms with van der Waals surface area (Å²) < 4.78 is 94.6.